The standard InChI is InChI=1S/C16H34N2O/c1-7-18(13(4)11-17(5)6)15-10-14(12(2)3)8-9-16(15)19/h12-16,19H,7-11H2,1-6H3. The van der Waals surface area contributed by atoms with Gasteiger partial charge in [-0.25, -0.2) is 0 Å². The van der Waals surface area contributed by atoms with Gasteiger partial charge in [0.25, 0.3) is 0 Å². The summed E-state index contributed by atoms with van der Waals surface area (Å²) in [5.74, 6) is 1.51. The molecule has 0 aromatic rings. The van der Waals surface area contributed by atoms with E-state index in [1.54, 1.807) is 0 Å². The fraction of sp³-hybridized carbons (Fsp3) is 1.00. The van der Waals surface area contributed by atoms with Gasteiger partial charge in [0.15, 0.2) is 0 Å². The predicted octanol–water partition coefficient (Wildman–Crippen LogP) is 2.44. The summed E-state index contributed by atoms with van der Waals surface area (Å²) in [6, 6.07) is 0.853. The molecule has 19 heavy (non-hydrogen) atoms. The van der Waals surface area contributed by atoms with Crippen LogP contribution in [-0.4, -0.2) is 60.3 Å². The zero-order chi connectivity index (χ0) is 14.6. The van der Waals surface area contributed by atoms with Crippen molar-refractivity contribution in [2.45, 2.75) is 65.1 Å². The van der Waals surface area contributed by atoms with Gasteiger partial charge in [-0.1, -0.05) is 20.8 Å². The highest BCUT2D eigenvalue weighted by Crippen LogP contribution is 2.33. The SMILES string of the molecule is CCN(C(C)CN(C)C)C1CC(C(C)C)CCC1O. The molecule has 0 spiro atoms. The summed E-state index contributed by atoms with van der Waals surface area (Å²) < 4.78 is 0. The van der Waals surface area contributed by atoms with Crippen LogP contribution in [0.25, 0.3) is 0 Å². The smallest absolute Gasteiger partial charge is 0.0695 e. The second-order valence-electron chi connectivity index (χ2n) is 6.89. The number of nitrogens with zero attached hydrogens (tertiary/aromatic N) is 2. The van der Waals surface area contributed by atoms with Gasteiger partial charge in [-0.2, -0.15) is 0 Å². The van der Waals surface area contributed by atoms with Gasteiger partial charge in [-0.15, -0.1) is 0 Å². The third-order valence-electron chi connectivity index (χ3n) is 4.75. The van der Waals surface area contributed by atoms with Crippen molar-refractivity contribution < 1.29 is 5.11 Å². The number of likely N-dealkylation sites (N-methyl/N-ethyl adjacent to an activating group) is 2. The van der Waals surface area contributed by atoms with E-state index in [1.165, 1.54) is 6.42 Å². The molecule has 3 heteroatoms. The molecule has 0 saturated heterocycles. The van der Waals surface area contributed by atoms with E-state index in [0.29, 0.717) is 12.1 Å². The van der Waals surface area contributed by atoms with Gasteiger partial charge in [0.1, 0.15) is 0 Å². The Morgan fingerprint density at radius 1 is 1.16 bits per heavy atom. The van der Waals surface area contributed by atoms with Gasteiger partial charge in [0.2, 0.25) is 0 Å². The lowest BCUT2D eigenvalue weighted by atomic mass is 9.77. The molecule has 4 unspecified atom stereocenters. The van der Waals surface area contributed by atoms with Crippen LogP contribution in [0.2, 0.25) is 0 Å². The lowest BCUT2D eigenvalue weighted by Crippen LogP contribution is -2.53. The van der Waals surface area contributed by atoms with Crippen LogP contribution in [0.15, 0.2) is 0 Å². The third kappa shape index (κ3) is 4.73. The monoisotopic (exact) mass is 270 g/mol. The minimum atomic E-state index is -0.139. The van der Waals surface area contributed by atoms with E-state index < -0.39 is 0 Å². The molecule has 0 amide bonds. The average molecular weight is 270 g/mol. The summed E-state index contributed by atoms with van der Waals surface area (Å²) in [4.78, 5) is 4.75. The van der Waals surface area contributed by atoms with E-state index in [9.17, 15) is 5.11 Å². The Labute approximate surface area is 120 Å². The fourth-order valence-corrected chi connectivity index (χ4v) is 3.63. The van der Waals surface area contributed by atoms with Gasteiger partial charge >= 0.3 is 0 Å². The summed E-state index contributed by atoms with van der Waals surface area (Å²) in [5.41, 5.74) is 0. The third-order valence-corrected chi connectivity index (χ3v) is 4.75. The number of aliphatic hydroxyl groups is 1. The molecule has 0 aromatic heterocycles. The first-order valence-corrected chi connectivity index (χ1v) is 7.95. The summed E-state index contributed by atoms with van der Waals surface area (Å²) in [5, 5.41) is 10.4. The van der Waals surface area contributed by atoms with E-state index in [0.717, 1.165) is 37.8 Å². The lowest BCUT2D eigenvalue weighted by Gasteiger charge is -2.44. The zero-order valence-corrected chi connectivity index (χ0v) is 13.8. The molecular weight excluding hydrogens is 236 g/mol. The van der Waals surface area contributed by atoms with Crippen LogP contribution in [0.4, 0.5) is 0 Å². The highest BCUT2D eigenvalue weighted by atomic mass is 16.3. The fourth-order valence-electron chi connectivity index (χ4n) is 3.63. The minimum Gasteiger partial charge on any atom is -0.391 e. The Balaban J connectivity index is 2.71. The van der Waals surface area contributed by atoms with Crippen LogP contribution in [0, 0.1) is 11.8 Å². The van der Waals surface area contributed by atoms with Crippen molar-refractivity contribution in [2.75, 3.05) is 27.2 Å². The number of aliphatic hydroxyl groups excluding tert-OH is 1. The topological polar surface area (TPSA) is 26.7 Å². The maximum absolute atomic E-state index is 10.4. The Bertz CT molecular complexity index is 255. The minimum absolute atomic E-state index is 0.139. The van der Waals surface area contributed by atoms with Crippen molar-refractivity contribution in [3.05, 3.63) is 0 Å². The summed E-state index contributed by atoms with van der Waals surface area (Å²) in [6.07, 6.45) is 3.18. The van der Waals surface area contributed by atoms with Crippen molar-refractivity contribution in [1.29, 1.82) is 0 Å². The lowest BCUT2D eigenvalue weighted by molar-refractivity contribution is -0.0213. The molecule has 3 nitrogen and oxygen atoms in total. The Morgan fingerprint density at radius 2 is 1.79 bits per heavy atom. The molecule has 1 aliphatic rings. The van der Waals surface area contributed by atoms with Gasteiger partial charge in [0, 0.05) is 18.6 Å². The van der Waals surface area contributed by atoms with Crippen LogP contribution in [-0.2, 0) is 0 Å². The first-order chi connectivity index (χ1) is 8.86. The molecule has 1 aliphatic carbocycles. The Morgan fingerprint density at radius 3 is 2.26 bits per heavy atom. The first kappa shape index (κ1) is 16.9. The molecule has 4 atom stereocenters. The molecule has 0 aliphatic heterocycles. The van der Waals surface area contributed by atoms with Gasteiger partial charge in [-0.3, -0.25) is 4.90 Å². The van der Waals surface area contributed by atoms with E-state index in [-0.39, 0.29) is 6.10 Å². The molecule has 1 rings (SSSR count). The molecule has 1 saturated carbocycles. The second-order valence-corrected chi connectivity index (χ2v) is 6.89. The molecule has 0 radical (unpaired) electrons. The van der Waals surface area contributed by atoms with E-state index >= 15 is 0 Å². The van der Waals surface area contributed by atoms with Crippen LogP contribution >= 0.6 is 0 Å². The van der Waals surface area contributed by atoms with Crippen LogP contribution in [0.1, 0.15) is 47.0 Å². The van der Waals surface area contributed by atoms with Gasteiger partial charge < -0.3 is 10.0 Å². The van der Waals surface area contributed by atoms with Crippen LogP contribution in [0.3, 0.4) is 0 Å². The first-order valence-electron chi connectivity index (χ1n) is 7.95. The van der Waals surface area contributed by atoms with Crippen molar-refractivity contribution in [3.8, 4) is 0 Å². The summed E-state index contributed by atoms with van der Waals surface area (Å²) in [7, 11) is 4.25. The molecule has 0 aromatic carbocycles. The van der Waals surface area contributed by atoms with E-state index in [1.807, 2.05) is 0 Å². The molecular formula is C16H34N2O. The normalized spacial score (nSPS) is 30.3. The summed E-state index contributed by atoms with van der Waals surface area (Å²) >= 11 is 0. The van der Waals surface area contributed by atoms with Crippen LogP contribution < -0.4 is 0 Å². The summed E-state index contributed by atoms with van der Waals surface area (Å²) in [6.45, 7) is 11.2. The number of hydrogen-bond donors (Lipinski definition) is 1. The van der Waals surface area contributed by atoms with Crippen LogP contribution in [0.5, 0.6) is 0 Å². The van der Waals surface area contributed by atoms with Crippen molar-refractivity contribution in [1.82, 2.24) is 9.80 Å². The molecule has 0 bridgehead atoms. The molecule has 1 N–H and O–H groups in total. The largest absolute Gasteiger partial charge is 0.391 e. The van der Waals surface area contributed by atoms with E-state index in [4.69, 9.17) is 0 Å². The number of rotatable bonds is 6. The quantitative estimate of drug-likeness (QED) is 0.803. The van der Waals surface area contributed by atoms with E-state index in [2.05, 4.69) is 51.6 Å². The molecule has 0 heterocycles. The predicted molar refractivity (Wildman–Crippen MR) is 82.4 cm³/mol. The molecule has 114 valence electrons. The zero-order valence-electron chi connectivity index (χ0n) is 13.8. The van der Waals surface area contributed by atoms with Crippen molar-refractivity contribution in [3.63, 3.8) is 0 Å². The van der Waals surface area contributed by atoms with Gasteiger partial charge in [0.05, 0.1) is 6.10 Å². The number of hydrogen-bond acceptors (Lipinski definition) is 3. The highest BCUT2D eigenvalue weighted by molar-refractivity contribution is 4.89. The van der Waals surface area contributed by atoms with Gasteiger partial charge in [-0.05, 0) is 58.7 Å². The maximum Gasteiger partial charge on any atom is 0.0695 e. The maximum atomic E-state index is 10.4. The second kappa shape index (κ2) is 7.61. The van der Waals surface area contributed by atoms with Crippen molar-refractivity contribution >= 4 is 0 Å². The molecule has 1 fully saturated rings. The average Bonchev–Trinajstić information content (AvgIpc) is 2.31. The Kier molecular flexibility index (Phi) is 6.78. The highest BCUT2D eigenvalue weighted by Gasteiger charge is 2.35. The Hall–Kier alpha value is -0.120. The van der Waals surface area contributed by atoms with Crippen molar-refractivity contribution in [2.24, 2.45) is 11.8 Å².